The molecule has 0 aromatic carbocycles. The van der Waals surface area contributed by atoms with Crippen molar-refractivity contribution in [1.29, 1.82) is 0 Å². The van der Waals surface area contributed by atoms with Gasteiger partial charge in [0.25, 0.3) is 0 Å². The molecule has 0 radical (unpaired) electrons. The highest BCUT2D eigenvalue weighted by atomic mass is 16.5. The first-order valence-electron chi connectivity index (χ1n) is 5.12. The first-order valence-corrected chi connectivity index (χ1v) is 5.12. The molecule has 0 aliphatic carbocycles. The van der Waals surface area contributed by atoms with Gasteiger partial charge in [0.15, 0.2) is 0 Å². The van der Waals surface area contributed by atoms with Gasteiger partial charge in [0.1, 0.15) is 0 Å². The van der Waals surface area contributed by atoms with Crippen molar-refractivity contribution in [1.82, 2.24) is 0 Å². The monoisotopic (exact) mass is 189 g/mol. The first-order chi connectivity index (χ1) is 6.26. The molecule has 0 bridgehead atoms. The molecule has 0 fully saturated rings. The van der Waals surface area contributed by atoms with Crippen LogP contribution in [0.25, 0.3) is 0 Å². The van der Waals surface area contributed by atoms with Gasteiger partial charge >= 0.3 is 0 Å². The second kappa shape index (κ2) is 8.48. The fourth-order valence-electron chi connectivity index (χ4n) is 1.35. The minimum absolute atomic E-state index is 0.173. The lowest BCUT2D eigenvalue weighted by atomic mass is 10.1. The second-order valence-corrected chi connectivity index (χ2v) is 3.26. The predicted octanol–water partition coefficient (Wildman–Crippen LogP) is 1.56. The molecule has 2 N–H and O–H groups in total. The van der Waals surface area contributed by atoms with E-state index in [1.807, 2.05) is 0 Å². The van der Waals surface area contributed by atoms with Gasteiger partial charge in [0.2, 0.25) is 0 Å². The quantitative estimate of drug-likeness (QED) is 0.589. The number of rotatable bonds is 8. The fourth-order valence-corrected chi connectivity index (χ4v) is 1.35. The molecular formula is C10H23NO2. The first kappa shape index (κ1) is 12.9. The summed E-state index contributed by atoms with van der Waals surface area (Å²) in [5.74, 6) is 0. The van der Waals surface area contributed by atoms with Crippen LogP contribution in [0.1, 0.15) is 33.1 Å². The van der Waals surface area contributed by atoms with E-state index in [4.69, 9.17) is 15.2 Å². The van der Waals surface area contributed by atoms with E-state index in [-0.39, 0.29) is 12.1 Å². The maximum atomic E-state index is 5.96. The van der Waals surface area contributed by atoms with Gasteiger partial charge in [-0.25, -0.2) is 0 Å². The molecule has 13 heavy (non-hydrogen) atoms. The summed E-state index contributed by atoms with van der Waals surface area (Å²) < 4.78 is 10.5. The zero-order chi connectivity index (χ0) is 10.1. The van der Waals surface area contributed by atoms with E-state index < -0.39 is 0 Å². The Bertz CT molecular complexity index is 109. The van der Waals surface area contributed by atoms with E-state index >= 15 is 0 Å². The molecular weight excluding hydrogens is 166 g/mol. The number of hydrogen-bond acceptors (Lipinski definition) is 3. The molecule has 2 atom stereocenters. The van der Waals surface area contributed by atoms with Gasteiger partial charge < -0.3 is 15.2 Å². The van der Waals surface area contributed by atoms with Gasteiger partial charge in [-0.3, -0.25) is 0 Å². The maximum Gasteiger partial charge on any atom is 0.0724 e. The molecule has 0 aromatic heterocycles. The van der Waals surface area contributed by atoms with E-state index in [0.29, 0.717) is 13.2 Å². The number of hydrogen-bond donors (Lipinski definition) is 1. The van der Waals surface area contributed by atoms with Crippen LogP contribution in [0.5, 0.6) is 0 Å². The van der Waals surface area contributed by atoms with Crippen LogP contribution in [-0.4, -0.2) is 32.5 Å². The molecule has 0 spiro atoms. The zero-order valence-corrected chi connectivity index (χ0v) is 9.08. The van der Waals surface area contributed by atoms with Crippen LogP contribution in [0.15, 0.2) is 0 Å². The topological polar surface area (TPSA) is 44.5 Å². The third-order valence-corrected chi connectivity index (χ3v) is 2.12. The normalized spacial score (nSPS) is 15.7. The van der Waals surface area contributed by atoms with Crippen molar-refractivity contribution in [3.8, 4) is 0 Å². The van der Waals surface area contributed by atoms with Gasteiger partial charge in [-0.15, -0.1) is 0 Å². The highest BCUT2D eigenvalue weighted by Crippen LogP contribution is 2.07. The lowest BCUT2D eigenvalue weighted by molar-refractivity contribution is 0.00157. The van der Waals surface area contributed by atoms with E-state index in [2.05, 4.69) is 13.8 Å². The summed E-state index contributed by atoms with van der Waals surface area (Å²) in [4.78, 5) is 0. The second-order valence-electron chi connectivity index (χ2n) is 3.26. The van der Waals surface area contributed by atoms with Crippen molar-refractivity contribution in [2.75, 3.05) is 20.3 Å². The maximum absolute atomic E-state index is 5.96. The molecule has 0 rings (SSSR count). The van der Waals surface area contributed by atoms with Crippen LogP contribution in [0.4, 0.5) is 0 Å². The Morgan fingerprint density at radius 1 is 1.23 bits per heavy atom. The van der Waals surface area contributed by atoms with Crippen LogP contribution in [-0.2, 0) is 9.47 Å². The third-order valence-electron chi connectivity index (χ3n) is 2.12. The van der Waals surface area contributed by atoms with Crippen LogP contribution in [0.2, 0.25) is 0 Å². The highest BCUT2D eigenvalue weighted by molar-refractivity contribution is 4.71. The zero-order valence-electron chi connectivity index (χ0n) is 9.08. The summed E-state index contributed by atoms with van der Waals surface area (Å²) in [6.07, 6.45) is 3.32. The van der Waals surface area contributed by atoms with Gasteiger partial charge in [0.05, 0.1) is 19.3 Å². The summed E-state index contributed by atoms with van der Waals surface area (Å²) in [6.45, 7) is 5.54. The summed E-state index contributed by atoms with van der Waals surface area (Å²) >= 11 is 0. The highest BCUT2D eigenvalue weighted by Gasteiger charge is 2.14. The molecule has 0 saturated carbocycles. The van der Waals surface area contributed by atoms with Gasteiger partial charge in [-0.05, 0) is 12.8 Å². The molecule has 0 heterocycles. The van der Waals surface area contributed by atoms with Crippen molar-refractivity contribution in [3.63, 3.8) is 0 Å². The summed E-state index contributed by atoms with van der Waals surface area (Å²) in [5, 5.41) is 0. The minimum atomic E-state index is 0.173. The lowest BCUT2D eigenvalue weighted by Gasteiger charge is -2.22. The largest absolute Gasteiger partial charge is 0.382 e. The molecule has 2 unspecified atom stereocenters. The van der Waals surface area contributed by atoms with Crippen LogP contribution >= 0.6 is 0 Å². The Morgan fingerprint density at radius 3 is 2.38 bits per heavy atom. The molecule has 0 saturated heterocycles. The average Bonchev–Trinajstić information content (AvgIpc) is 2.13. The molecule has 3 heteroatoms. The Morgan fingerprint density at radius 2 is 1.92 bits per heavy atom. The smallest absolute Gasteiger partial charge is 0.0724 e. The Labute approximate surface area is 81.6 Å². The Kier molecular flexibility index (Phi) is 8.40. The molecule has 0 amide bonds. The van der Waals surface area contributed by atoms with Crippen LogP contribution < -0.4 is 5.73 Å². The van der Waals surface area contributed by atoms with E-state index in [1.165, 1.54) is 0 Å². The van der Waals surface area contributed by atoms with Crippen molar-refractivity contribution < 1.29 is 9.47 Å². The number of nitrogens with two attached hydrogens (primary N) is 1. The molecule has 80 valence electrons. The molecule has 0 aliphatic heterocycles. The number of methoxy groups -OCH3 is 1. The standard InChI is InChI=1S/C10H23NO2/c1-4-6-9(11)10(5-2)13-8-7-12-3/h9-10H,4-8,11H2,1-3H3. The predicted molar refractivity (Wildman–Crippen MR) is 54.8 cm³/mol. The van der Waals surface area contributed by atoms with Gasteiger partial charge in [-0.2, -0.15) is 0 Å². The van der Waals surface area contributed by atoms with Crippen molar-refractivity contribution in [2.45, 2.75) is 45.3 Å². The van der Waals surface area contributed by atoms with Crippen molar-refractivity contribution in [2.24, 2.45) is 5.73 Å². The molecule has 3 nitrogen and oxygen atoms in total. The minimum Gasteiger partial charge on any atom is -0.382 e. The van der Waals surface area contributed by atoms with Gasteiger partial charge in [-0.1, -0.05) is 20.3 Å². The van der Waals surface area contributed by atoms with Crippen molar-refractivity contribution in [3.05, 3.63) is 0 Å². The lowest BCUT2D eigenvalue weighted by Crippen LogP contribution is -2.36. The number of ether oxygens (including phenoxy) is 2. The SMILES string of the molecule is CCCC(N)C(CC)OCCOC. The summed E-state index contributed by atoms with van der Waals surface area (Å²) in [6, 6.07) is 0.173. The Balaban J connectivity index is 3.60. The fraction of sp³-hybridized carbons (Fsp3) is 1.00. The summed E-state index contributed by atoms with van der Waals surface area (Å²) in [7, 11) is 1.68. The summed E-state index contributed by atoms with van der Waals surface area (Å²) in [5.41, 5.74) is 5.96. The van der Waals surface area contributed by atoms with Crippen molar-refractivity contribution >= 4 is 0 Å². The van der Waals surface area contributed by atoms with E-state index in [1.54, 1.807) is 7.11 Å². The van der Waals surface area contributed by atoms with E-state index in [0.717, 1.165) is 19.3 Å². The third kappa shape index (κ3) is 6.02. The van der Waals surface area contributed by atoms with E-state index in [9.17, 15) is 0 Å². The van der Waals surface area contributed by atoms with Crippen LogP contribution in [0.3, 0.4) is 0 Å². The average molecular weight is 189 g/mol. The van der Waals surface area contributed by atoms with Crippen LogP contribution in [0, 0.1) is 0 Å². The molecule has 0 aromatic rings. The van der Waals surface area contributed by atoms with Gasteiger partial charge in [0, 0.05) is 13.2 Å². The molecule has 0 aliphatic rings. The Hall–Kier alpha value is -0.120.